The van der Waals surface area contributed by atoms with Gasteiger partial charge in [-0.1, -0.05) is 18.2 Å². The maximum atomic E-state index is 13.3. The number of ether oxygens (including phenoxy) is 2. The Bertz CT molecular complexity index is 826. The van der Waals surface area contributed by atoms with Crippen LogP contribution in [0.25, 0.3) is 0 Å². The molecule has 30 heavy (non-hydrogen) atoms. The van der Waals surface area contributed by atoms with Crippen molar-refractivity contribution < 1.29 is 23.5 Å². The number of hydrogen-bond acceptors (Lipinski definition) is 5. The largest absolute Gasteiger partial charge is 0.469 e. The highest BCUT2D eigenvalue weighted by Gasteiger charge is 2.72. The number of rotatable bonds is 4. The molecule has 4 rings (SSSR count). The first-order chi connectivity index (χ1) is 13.9. The van der Waals surface area contributed by atoms with Crippen LogP contribution in [0.2, 0.25) is 19.6 Å². The summed E-state index contributed by atoms with van der Waals surface area (Å²) in [5.74, 6) is -0.696. The first-order valence-electron chi connectivity index (χ1n) is 11.2. The van der Waals surface area contributed by atoms with E-state index >= 15 is 0 Å². The number of hydrogen-bond donors (Lipinski definition) is 0. The quantitative estimate of drug-likeness (QED) is 0.368. The molecule has 5 nitrogen and oxygen atoms in total. The van der Waals surface area contributed by atoms with Gasteiger partial charge in [0.15, 0.2) is 8.32 Å². The predicted molar refractivity (Wildman–Crippen MR) is 117 cm³/mol. The van der Waals surface area contributed by atoms with Crippen molar-refractivity contribution in [2.24, 2.45) is 28.6 Å². The second-order valence-corrected chi connectivity index (χ2v) is 15.5. The van der Waals surface area contributed by atoms with Crippen LogP contribution in [-0.2, 0) is 23.5 Å². The number of fused-ring (bicyclic) bond motifs is 3. The topological polar surface area (TPSA) is 61.8 Å². The number of methoxy groups -OCH3 is 2. The molecule has 0 aliphatic heterocycles. The molecular weight excluding hydrogens is 396 g/mol. The van der Waals surface area contributed by atoms with Crippen molar-refractivity contribution in [3.63, 3.8) is 0 Å². The lowest BCUT2D eigenvalue weighted by Crippen LogP contribution is -2.49. The Labute approximate surface area is 181 Å². The van der Waals surface area contributed by atoms with Crippen LogP contribution in [-0.4, -0.2) is 40.1 Å². The van der Waals surface area contributed by atoms with Crippen LogP contribution >= 0.6 is 0 Å². The molecule has 4 aliphatic carbocycles. The van der Waals surface area contributed by atoms with Crippen molar-refractivity contribution in [2.45, 2.75) is 70.7 Å². The average Bonchev–Trinajstić information content (AvgIpc) is 3.06. The second kappa shape index (κ2) is 6.80. The highest BCUT2D eigenvalue weighted by Crippen LogP contribution is 2.74. The molecule has 0 saturated heterocycles. The molecule has 2 bridgehead atoms. The lowest BCUT2D eigenvalue weighted by atomic mass is 9.61. The van der Waals surface area contributed by atoms with Gasteiger partial charge in [0.1, 0.15) is 0 Å². The zero-order valence-electron chi connectivity index (χ0n) is 19.3. The highest BCUT2D eigenvalue weighted by atomic mass is 28.4. The monoisotopic (exact) mass is 432 g/mol. The van der Waals surface area contributed by atoms with Gasteiger partial charge in [0, 0.05) is 5.92 Å². The smallest absolute Gasteiger partial charge is 0.312 e. The van der Waals surface area contributed by atoms with Crippen molar-refractivity contribution in [3.8, 4) is 0 Å². The van der Waals surface area contributed by atoms with Gasteiger partial charge in [-0.05, 0) is 82.0 Å². The molecule has 3 fully saturated rings. The summed E-state index contributed by atoms with van der Waals surface area (Å²) in [6, 6.07) is 0. The van der Waals surface area contributed by atoms with Gasteiger partial charge in [-0.15, -0.1) is 0 Å². The minimum atomic E-state index is -1.81. The minimum absolute atomic E-state index is 0.176. The zero-order chi connectivity index (χ0) is 22.1. The molecule has 0 aromatic carbocycles. The van der Waals surface area contributed by atoms with Gasteiger partial charge in [0.2, 0.25) is 0 Å². The van der Waals surface area contributed by atoms with Crippen LogP contribution in [0.4, 0.5) is 0 Å². The van der Waals surface area contributed by atoms with Gasteiger partial charge in [-0.2, -0.15) is 0 Å². The summed E-state index contributed by atoms with van der Waals surface area (Å²) in [4.78, 5) is 26.3. The summed E-state index contributed by atoms with van der Waals surface area (Å²) < 4.78 is 17.4. The van der Waals surface area contributed by atoms with Crippen molar-refractivity contribution in [1.29, 1.82) is 0 Å². The van der Waals surface area contributed by atoms with Gasteiger partial charge < -0.3 is 13.9 Å². The Balaban J connectivity index is 1.86. The van der Waals surface area contributed by atoms with Gasteiger partial charge in [-0.25, -0.2) is 0 Å². The third-order valence-electron chi connectivity index (χ3n) is 8.39. The number of carbonyl (C=O) groups excluding carboxylic acids is 2. The molecule has 0 unspecified atom stereocenters. The fourth-order valence-corrected chi connectivity index (χ4v) is 9.03. The molecule has 3 saturated carbocycles. The lowest BCUT2D eigenvalue weighted by molar-refractivity contribution is -0.163. The molecule has 0 amide bonds. The summed E-state index contributed by atoms with van der Waals surface area (Å²) in [6.45, 7) is 13.1. The molecular formula is C24H36O5Si. The third-order valence-corrected chi connectivity index (χ3v) is 9.39. The van der Waals surface area contributed by atoms with Crippen molar-refractivity contribution in [3.05, 3.63) is 23.8 Å². The molecule has 6 atom stereocenters. The average molecular weight is 433 g/mol. The fourth-order valence-electron chi connectivity index (χ4n) is 7.53. The van der Waals surface area contributed by atoms with Crippen LogP contribution in [0.1, 0.15) is 45.4 Å². The van der Waals surface area contributed by atoms with Gasteiger partial charge in [0.05, 0.1) is 31.2 Å². The Kier molecular flexibility index (Phi) is 4.94. The normalized spacial score (nSPS) is 42.3. The Hall–Kier alpha value is -1.40. The first-order valence-corrected chi connectivity index (χ1v) is 14.6. The molecule has 6 heteroatoms. The molecule has 0 N–H and O–H groups in total. The predicted octanol–water partition coefficient (Wildman–Crippen LogP) is 4.64. The summed E-state index contributed by atoms with van der Waals surface area (Å²) in [5, 5.41) is 0. The van der Waals surface area contributed by atoms with E-state index in [1.807, 2.05) is 6.92 Å². The molecule has 0 heterocycles. The van der Waals surface area contributed by atoms with Crippen molar-refractivity contribution >= 4 is 20.3 Å². The van der Waals surface area contributed by atoms with Crippen LogP contribution in [0, 0.1) is 28.6 Å². The highest BCUT2D eigenvalue weighted by molar-refractivity contribution is 6.69. The minimum Gasteiger partial charge on any atom is -0.469 e. The van der Waals surface area contributed by atoms with Crippen molar-refractivity contribution in [2.75, 3.05) is 14.2 Å². The second-order valence-electron chi connectivity index (χ2n) is 11.1. The molecule has 166 valence electrons. The molecule has 0 aromatic heterocycles. The SMILES string of the molecule is C=C1C[C@]23C[C@@]1(O[Si](C)(C)C)CC[C@H]2C1=CCC[C@@](C)(C(=O)OC)[C@H]1[C@@H]3C(=O)OC. The van der Waals surface area contributed by atoms with E-state index in [4.69, 9.17) is 13.9 Å². The lowest BCUT2D eigenvalue weighted by Gasteiger charge is -2.46. The summed E-state index contributed by atoms with van der Waals surface area (Å²) in [7, 11) is 1.10. The summed E-state index contributed by atoms with van der Waals surface area (Å²) in [5.41, 5.74) is 1.07. The van der Waals surface area contributed by atoms with Crippen LogP contribution in [0.15, 0.2) is 23.8 Å². The van der Waals surface area contributed by atoms with E-state index in [0.717, 1.165) is 37.7 Å². The van der Waals surface area contributed by atoms with E-state index in [1.165, 1.54) is 19.8 Å². The number of carbonyl (C=O) groups is 2. The maximum Gasteiger partial charge on any atom is 0.312 e. The molecule has 1 spiro atoms. The Morgan fingerprint density at radius 1 is 1.17 bits per heavy atom. The van der Waals surface area contributed by atoms with E-state index in [-0.39, 0.29) is 40.7 Å². The Morgan fingerprint density at radius 3 is 2.47 bits per heavy atom. The molecule has 0 radical (unpaired) electrons. The summed E-state index contributed by atoms with van der Waals surface area (Å²) in [6.07, 6.45) is 7.33. The van der Waals surface area contributed by atoms with Crippen molar-refractivity contribution in [1.82, 2.24) is 0 Å². The van der Waals surface area contributed by atoms with Crippen LogP contribution in [0.5, 0.6) is 0 Å². The zero-order valence-corrected chi connectivity index (χ0v) is 20.3. The van der Waals surface area contributed by atoms with E-state index in [1.54, 1.807) is 0 Å². The molecule has 0 aromatic rings. The third kappa shape index (κ3) is 2.82. The molecule has 4 aliphatic rings. The van der Waals surface area contributed by atoms with Gasteiger partial charge >= 0.3 is 11.9 Å². The van der Waals surface area contributed by atoms with E-state index in [0.29, 0.717) is 6.42 Å². The van der Waals surface area contributed by atoms with Crippen LogP contribution in [0.3, 0.4) is 0 Å². The standard InChI is InChI=1S/C24H36O5Si/c1-15-13-23-14-24(15,29-30(5,6)7)12-10-17(23)16-9-8-11-22(2,21(26)28-4)18(16)19(23)20(25)27-3/h9,17-19H,1,8,10-14H2,2-7H3/t17-,18+,19+,22+,23-,24-/m0/s1. The maximum absolute atomic E-state index is 13.3. The Morgan fingerprint density at radius 2 is 1.87 bits per heavy atom. The van der Waals surface area contributed by atoms with Gasteiger partial charge in [0.25, 0.3) is 0 Å². The summed E-state index contributed by atoms with van der Waals surface area (Å²) >= 11 is 0. The van der Waals surface area contributed by atoms with E-state index < -0.39 is 13.7 Å². The number of allylic oxidation sites excluding steroid dienone is 2. The first kappa shape index (κ1) is 21.8. The number of esters is 2. The van der Waals surface area contributed by atoms with Crippen LogP contribution < -0.4 is 0 Å². The fraction of sp³-hybridized carbons (Fsp3) is 0.750. The van der Waals surface area contributed by atoms with E-state index in [9.17, 15) is 9.59 Å². The van der Waals surface area contributed by atoms with E-state index in [2.05, 4.69) is 32.3 Å². The van der Waals surface area contributed by atoms with Gasteiger partial charge in [-0.3, -0.25) is 9.59 Å².